The van der Waals surface area contributed by atoms with Gasteiger partial charge in [-0.1, -0.05) is 24.3 Å². The number of piperazine rings is 1. The van der Waals surface area contributed by atoms with Gasteiger partial charge in [0.25, 0.3) is 0 Å². The van der Waals surface area contributed by atoms with Gasteiger partial charge in [0.2, 0.25) is 0 Å². The third kappa shape index (κ3) is 3.94. The summed E-state index contributed by atoms with van der Waals surface area (Å²) >= 11 is 0. The van der Waals surface area contributed by atoms with Crippen molar-refractivity contribution in [1.29, 1.82) is 0 Å². The van der Waals surface area contributed by atoms with Gasteiger partial charge in [0.05, 0.1) is 5.52 Å². The fourth-order valence-electron chi connectivity index (χ4n) is 3.53. The van der Waals surface area contributed by atoms with Crippen LogP contribution in [0, 0.1) is 0 Å². The number of aromatic nitrogens is 2. The normalized spacial score (nSPS) is 16.6. The topological polar surface area (TPSA) is 44.3 Å². The molecule has 26 heavy (non-hydrogen) atoms. The number of rotatable bonds is 5. The zero-order chi connectivity index (χ0) is 17.8. The van der Waals surface area contributed by atoms with Gasteiger partial charge in [-0.3, -0.25) is 4.90 Å². The zero-order valence-electron chi connectivity index (χ0n) is 15.2. The summed E-state index contributed by atoms with van der Waals surface area (Å²) < 4.78 is 0. The number of nitrogens with one attached hydrogen (secondary N) is 1. The van der Waals surface area contributed by atoms with Crippen LogP contribution in [0.15, 0.2) is 60.8 Å². The molecule has 0 aliphatic carbocycles. The summed E-state index contributed by atoms with van der Waals surface area (Å²) in [4.78, 5) is 14.0. The minimum absolute atomic E-state index is 0.352. The van der Waals surface area contributed by atoms with Crippen molar-refractivity contribution in [1.82, 2.24) is 14.9 Å². The minimum Gasteiger partial charge on any atom is -0.366 e. The molecule has 0 bridgehead atoms. The summed E-state index contributed by atoms with van der Waals surface area (Å²) in [5.74, 6) is 2.03. The van der Waals surface area contributed by atoms with E-state index in [0.29, 0.717) is 6.04 Å². The fraction of sp³-hybridized carbons (Fsp3) is 0.333. The molecule has 1 saturated heterocycles. The SMILES string of the molecule is CC(CN1CCN(c2ccccn2)CC1)Nc1ccc2ccccc2n1. The highest BCUT2D eigenvalue weighted by atomic mass is 15.3. The molecule has 0 saturated carbocycles. The maximum Gasteiger partial charge on any atom is 0.128 e. The number of anilines is 2. The first-order valence-corrected chi connectivity index (χ1v) is 9.28. The average molecular weight is 347 g/mol. The van der Waals surface area contributed by atoms with E-state index >= 15 is 0 Å². The van der Waals surface area contributed by atoms with Crippen molar-refractivity contribution >= 4 is 22.5 Å². The first-order valence-electron chi connectivity index (χ1n) is 9.28. The largest absolute Gasteiger partial charge is 0.366 e. The quantitative estimate of drug-likeness (QED) is 0.767. The first-order chi connectivity index (χ1) is 12.8. The fourth-order valence-corrected chi connectivity index (χ4v) is 3.53. The number of nitrogens with zero attached hydrogens (tertiary/aromatic N) is 4. The average Bonchev–Trinajstić information content (AvgIpc) is 2.69. The molecule has 1 N–H and O–H groups in total. The minimum atomic E-state index is 0.352. The highest BCUT2D eigenvalue weighted by Gasteiger charge is 2.19. The molecule has 1 aromatic carbocycles. The van der Waals surface area contributed by atoms with E-state index in [1.807, 2.05) is 24.4 Å². The molecule has 2 aromatic heterocycles. The molecule has 3 aromatic rings. The van der Waals surface area contributed by atoms with E-state index in [1.54, 1.807) is 0 Å². The van der Waals surface area contributed by atoms with E-state index in [2.05, 4.69) is 63.4 Å². The lowest BCUT2D eigenvalue weighted by molar-refractivity contribution is 0.250. The molecule has 1 aliphatic heterocycles. The molecule has 1 fully saturated rings. The summed E-state index contributed by atoms with van der Waals surface area (Å²) in [7, 11) is 0. The number of hydrogen-bond donors (Lipinski definition) is 1. The maximum absolute atomic E-state index is 4.71. The molecular formula is C21H25N5. The van der Waals surface area contributed by atoms with Crippen LogP contribution in [0.2, 0.25) is 0 Å². The van der Waals surface area contributed by atoms with Crippen molar-refractivity contribution in [2.45, 2.75) is 13.0 Å². The Morgan fingerprint density at radius 2 is 1.77 bits per heavy atom. The lowest BCUT2D eigenvalue weighted by Gasteiger charge is -2.36. The second-order valence-corrected chi connectivity index (χ2v) is 6.91. The molecule has 0 amide bonds. The lowest BCUT2D eigenvalue weighted by Crippen LogP contribution is -2.49. The van der Waals surface area contributed by atoms with Gasteiger partial charge in [-0.05, 0) is 37.3 Å². The number of fused-ring (bicyclic) bond motifs is 1. The molecule has 5 heteroatoms. The molecule has 1 atom stereocenters. The Balaban J connectivity index is 1.30. The highest BCUT2D eigenvalue weighted by Crippen LogP contribution is 2.16. The molecule has 1 aliphatic rings. The van der Waals surface area contributed by atoms with Crippen LogP contribution in [-0.2, 0) is 0 Å². The van der Waals surface area contributed by atoms with Crippen molar-refractivity contribution in [3.05, 3.63) is 60.8 Å². The summed E-state index contributed by atoms with van der Waals surface area (Å²) in [6.07, 6.45) is 1.87. The Kier molecular flexibility index (Phi) is 4.97. The second kappa shape index (κ2) is 7.70. The van der Waals surface area contributed by atoms with E-state index in [-0.39, 0.29) is 0 Å². The van der Waals surface area contributed by atoms with E-state index in [9.17, 15) is 0 Å². The van der Waals surface area contributed by atoms with Crippen LogP contribution >= 0.6 is 0 Å². The molecule has 134 valence electrons. The van der Waals surface area contributed by atoms with Crippen LogP contribution in [0.3, 0.4) is 0 Å². The van der Waals surface area contributed by atoms with Crippen molar-refractivity contribution in [2.75, 3.05) is 42.9 Å². The van der Waals surface area contributed by atoms with Gasteiger partial charge in [0.15, 0.2) is 0 Å². The monoisotopic (exact) mass is 347 g/mol. The predicted octanol–water partition coefficient (Wildman–Crippen LogP) is 3.25. The van der Waals surface area contributed by atoms with E-state index in [1.165, 1.54) is 5.39 Å². The Bertz CT molecular complexity index is 843. The number of para-hydroxylation sites is 1. The van der Waals surface area contributed by atoms with Crippen LogP contribution in [0.5, 0.6) is 0 Å². The molecule has 4 rings (SSSR count). The molecule has 3 heterocycles. The Hall–Kier alpha value is -2.66. The van der Waals surface area contributed by atoms with Gasteiger partial charge < -0.3 is 10.2 Å². The van der Waals surface area contributed by atoms with Gasteiger partial charge in [0.1, 0.15) is 11.6 Å². The summed E-state index contributed by atoms with van der Waals surface area (Å²) in [5, 5.41) is 4.72. The number of pyridine rings is 2. The number of hydrogen-bond acceptors (Lipinski definition) is 5. The number of benzene rings is 1. The molecule has 5 nitrogen and oxygen atoms in total. The van der Waals surface area contributed by atoms with E-state index in [0.717, 1.165) is 49.9 Å². The third-order valence-electron chi connectivity index (χ3n) is 4.87. The van der Waals surface area contributed by atoms with Crippen molar-refractivity contribution < 1.29 is 0 Å². The smallest absolute Gasteiger partial charge is 0.128 e. The van der Waals surface area contributed by atoms with Crippen LogP contribution in [-0.4, -0.2) is 53.6 Å². The molecular weight excluding hydrogens is 322 g/mol. The highest BCUT2D eigenvalue weighted by molar-refractivity contribution is 5.80. The standard InChI is InChI=1S/C21H25N5/c1-17(23-20-10-9-18-6-2-3-7-19(18)24-20)16-25-12-14-26(15-13-25)21-8-4-5-11-22-21/h2-11,17H,12-16H2,1H3,(H,23,24). The van der Waals surface area contributed by atoms with Crippen molar-refractivity contribution in [2.24, 2.45) is 0 Å². The van der Waals surface area contributed by atoms with Gasteiger partial charge in [0, 0.05) is 50.3 Å². The Morgan fingerprint density at radius 3 is 2.58 bits per heavy atom. The summed E-state index contributed by atoms with van der Waals surface area (Å²) in [6.45, 7) is 7.42. The van der Waals surface area contributed by atoms with E-state index in [4.69, 9.17) is 4.98 Å². The van der Waals surface area contributed by atoms with Crippen LogP contribution in [0.1, 0.15) is 6.92 Å². The summed E-state index contributed by atoms with van der Waals surface area (Å²) in [5.41, 5.74) is 1.04. The van der Waals surface area contributed by atoms with Gasteiger partial charge in [-0.2, -0.15) is 0 Å². The van der Waals surface area contributed by atoms with Gasteiger partial charge >= 0.3 is 0 Å². The van der Waals surface area contributed by atoms with Crippen molar-refractivity contribution in [3.63, 3.8) is 0 Å². The van der Waals surface area contributed by atoms with Crippen LogP contribution in [0.25, 0.3) is 10.9 Å². The summed E-state index contributed by atoms with van der Waals surface area (Å²) in [6, 6.07) is 18.9. The van der Waals surface area contributed by atoms with Gasteiger partial charge in [-0.25, -0.2) is 9.97 Å². The third-order valence-corrected chi connectivity index (χ3v) is 4.87. The van der Waals surface area contributed by atoms with Gasteiger partial charge in [-0.15, -0.1) is 0 Å². The predicted molar refractivity (Wildman–Crippen MR) is 108 cm³/mol. The molecule has 0 spiro atoms. The Morgan fingerprint density at radius 1 is 0.962 bits per heavy atom. The zero-order valence-corrected chi connectivity index (χ0v) is 15.2. The maximum atomic E-state index is 4.71. The lowest BCUT2D eigenvalue weighted by atomic mass is 10.2. The van der Waals surface area contributed by atoms with Crippen LogP contribution in [0.4, 0.5) is 11.6 Å². The molecule has 0 radical (unpaired) electrons. The van der Waals surface area contributed by atoms with E-state index < -0.39 is 0 Å². The first kappa shape index (κ1) is 16.8. The Labute approximate surface area is 154 Å². The van der Waals surface area contributed by atoms with Crippen LogP contribution < -0.4 is 10.2 Å². The second-order valence-electron chi connectivity index (χ2n) is 6.91. The molecule has 1 unspecified atom stereocenters. The van der Waals surface area contributed by atoms with Crippen molar-refractivity contribution in [3.8, 4) is 0 Å².